The van der Waals surface area contributed by atoms with Crippen LogP contribution in [0, 0.1) is 0 Å². The zero-order valence-corrected chi connectivity index (χ0v) is 6.88. The van der Waals surface area contributed by atoms with E-state index in [2.05, 4.69) is 0 Å². The van der Waals surface area contributed by atoms with E-state index in [1.165, 1.54) is 0 Å². The molecule has 0 saturated carbocycles. The van der Waals surface area contributed by atoms with Gasteiger partial charge in [0.05, 0.1) is 13.2 Å². The van der Waals surface area contributed by atoms with Crippen molar-refractivity contribution in [3.8, 4) is 0 Å². The molecule has 0 aromatic carbocycles. The molecule has 0 N–H and O–H groups in total. The first-order chi connectivity index (χ1) is 5.33. The van der Waals surface area contributed by atoms with Crippen molar-refractivity contribution in [3.63, 3.8) is 0 Å². The fraction of sp³-hybridized carbons (Fsp3) is 1.00. The summed E-state index contributed by atoms with van der Waals surface area (Å²) in [6, 6.07) is 0. The summed E-state index contributed by atoms with van der Waals surface area (Å²) in [6.07, 6.45) is 0.788. The Balaban J connectivity index is 2.13. The Kier molecular flexibility index (Phi) is 3.80. The lowest BCUT2D eigenvalue weighted by molar-refractivity contribution is -0.187. The minimum Gasteiger partial charge on any atom is -0.352 e. The van der Waals surface area contributed by atoms with E-state index in [1.807, 2.05) is 6.92 Å². The summed E-state index contributed by atoms with van der Waals surface area (Å²) >= 11 is 0. The van der Waals surface area contributed by atoms with Gasteiger partial charge in [-0.3, -0.25) is 0 Å². The van der Waals surface area contributed by atoms with E-state index in [-0.39, 0.29) is 6.29 Å². The zero-order valence-electron chi connectivity index (χ0n) is 6.88. The van der Waals surface area contributed by atoms with Crippen LogP contribution in [-0.2, 0) is 9.47 Å². The summed E-state index contributed by atoms with van der Waals surface area (Å²) in [5.74, 6) is 0. The SMILES string of the molecule is CCC(F)CC1OCCCO1. The van der Waals surface area contributed by atoms with Gasteiger partial charge in [-0.05, 0) is 12.8 Å². The van der Waals surface area contributed by atoms with Gasteiger partial charge in [-0.1, -0.05) is 6.92 Å². The van der Waals surface area contributed by atoms with Gasteiger partial charge in [-0.2, -0.15) is 0 Å². The molecule has 1 unspecified atom stereocenters. The highest BCUT2D eigenvalue weighted by Gasteiger charge is 2.18. The highest BCUT2D eigenvalue weighted by atomic mass is 19.1. The average molecular weight is 162 g/mol. The number of hydrogen-bond donors (Lipinski definition) is 0. The normalized spacial score (nSPS) is 23.5. The molecule has 1 aliphatic heterocycles. The van der Waals surface area contributed by atoms with Crippen LogP contribution in [0.3, 0.4) is 0 Å². The number of rotatable bonds is 3. The monoisotopic (exact) mass is 162 g/mol. The average Bonchev–Trinajstić information content (AvgIpc) is 2.06. The maximum absolute atomic E-state index is 12.8. The van der Waals surface area contributed by atoms with Crippen molar-refractivity contribution in [2.75, 3.05) is 13.2 Å². The number of halogens is 1. The van der Waals surface area contributed by atoms with Crippen LogP contribution >= 0.6 is 0 Å². The molecular formula is C8H15FO2. The molecular weight excluding hydrogens is 147 g/mol. The van der Waals surface area contributed by atoms with Crippen LogP contribution in [0.15, 0.2) is 0 Å². The molecule has 1 fully saturated rings. The highest BCUT2D eigenvalue weighted by Crippen LogP contribution is 2.14. The van der Waals surface area contributed by atoms with Gasteiger partial charge >= 0.3 is 0 Å². The van der Waals surface area contributed by atoms with E-state index < -0.39 is 6.17 Å². The van der Waals surface area contributed by atoms with Crippen molar-refractivity contribution in [3.05, 3.63) is 0 Å². The van der Waals surface area contributed by atoms with E-state index in [0.717, 1.165) is 6.42 Å². The molecule has 0 aromatic rings. The predicted molar refractivity (Wildman–Crippen MR) is 40.1 cm³/mol. The molecule has 0 amide bonds. The van der Waals surface area contributed by atoms with Gasteiger partial charge in [-0.25, -0.2) is 4.39 Å². The summed E-state index contributed by atoms with van der Waals surface area (Å²) in [4.78, 5) is 0. The Labute approximate surface area is 66.7 Å². The summed E-state index contributed by atoms with van der Waals surface area (Å²) in [5.41, 5.74) is 0. The first kappa shape index (κ1) is 8.94. The van der Waals surface area contributed by atoms with Gasteiger partial charge in [0.25, 0.3) is 0 Å². The fourth-order valence-corrected chi connectivity index (χ4v) is 1.05. The molecule has 2 nitrogen and oxygen atoms in total. The maximum Gasteiger partial charge on any atom is 0.160 e. The number of hydrogen-bond acceptors (Lipinski definition) is 2. The molecule has 66 valence electrons. The molecule has 11 heavy (non-hydrogen) atoms. The molecule has 1 aliphatic rings. The lowest BCUT2D eigenvalue weighted by Gasteiger charge is -2.23. The maximum atomic E-state index is 12.8. The molecule has 1 rings (SSSR count). The van der Waals surface area contributed by atoms with Crippen molar-refractivity contribution in [2.45, 2.75) is 38.6 Å². The molecule has 0 aromatic heterocycles. The second-order valence-electron chi connectivity index (χ2n) is 2.77. The molecule has 0 spiro atoms. The Bertz CT molecular complexity index is 102. The van der Waals surface area contributed by atoms with Crippen LogP contribution in [0.1, 0.15) is 26.2 Å². The van der Waals surface area contributed by atoms with Crippen molar-refractivity contribution in [2.24, 2.45) is 0 Å². The topological polar surface area (TPSA) is 18.5 Å². The molecule has 1 saturated heterocycles. The Hall–Kier alpha value is -0.150. The van der Waals surface area contributed by atoms with Crippen LogP contribution in [-0.4, -0.2) is 25.7 Å². The van der Waals surface area contributed by atoms with Crippen LogP contribution in [0.25, 0.3) is 0 Å². The predicted octanol–water partition coefficient (Wildman–Crippen LogP) is 1.89. The van der Waals surface area contributed by atoms with E-state index in [4.69, 9.17) is 9.47 Å². The minimum absolute atomic E-state index is 0.293. The standard InChI is InChI=1S/C8H15FO2/c1-2-7(9)6-8-10-4-3-5-11-8/h7-8H,2-6H2,1H3. The minimum atomic E-state index is -0.780. The summed E-state index contributed by atoms with van der Waals surface area (Å²) in [5, 5.41) is 0. The molecule has 0 bridgehead atoms. The number of alkyl halides is 1. The fourth-order valence-electron chi connectivity index (χ4n) is 1.05. The lowest BCUT2D eigenvalue weighted by atomic mass is 10.2. The van der Waals surface area contributed by atoms with Crippen molar-refractivity contribution < 1.29 is 13.9 Å². The Morgan fingerprint density at radius 2 is 2.09 bits per heavy atom. The molecule has 0 radical (unpaired) electrons. The highest BCUT2D eigenvalue weighted by molar-refractivity contribution is 4.59. The third-order valence-electron chi connectivity index (χ3n) is 1.79. The van der Waals surface area contributed by atoms with Gasteiger partial charge in [0, 0.05) is 6.42 Å². The van der Waals surface area contributed by atoms with E-state index in [9.17, 15) is 4.39 Å². The number of ether oxygens (including phenoxy) is 2. The van der Waals surface area contributed by atoms with E-state index in [1.54, 1.807) is 0 Å². The summed E-state index contributed by atoms with van der Waals surface area (Å²) < 4.78 is 23.1. The van der Waals surface area contributed by atoms with Crippen molar-refractivity contribution >= 4 is 0 Å². The zero-order chi connectivity index (χ0) is 8.10. The van der Waals surface area contributed by atoms with Crippen molar-refractivity contribution in [1.29, 1.82) is 0 Å². The van der Waals surface area contributed by atoms with Gasteiger partial charge in [0.1, 0.15) is 6.17 Å². The Morgan fingerprint density at radius 1 is 1.45 bits per heavy atom. The van der Waals surface area contributed by atoms with Crippen molar-refractivity contribution in [1.82, 2.24) is 0 Å². The second kappa shape index (κ2) is 4.67. The smallest absolute Gasteiger partial charge is 0.160 e. The first-order valence-electron chi connectivity index (χ1n) is 4.20. The summed E-state index contributed by atoms with van der Waals surface area (Å²) in [7, 11) is 0. The van der Waals surface area contributed by atoms with Crippen LogP contribution < -0.4 is 0 Å². The van der Waals surface area contributed by atoms with Crippen LogP contribution in [0.5, 0.6) is 0 Å². The lowest BCUT2D eigenvalue weighted by Crippen LogP contribution is -2.27. The first-order valence-corrected chi connectivity index (χ1v) is 4.20. The molecule has 0 aliphatic carbocycles. The quantitative estimate of drug-likeness (QED) is 0.631. The van der Waals surface area contributed by atoms with Crippen LogP contribution in [0.2, 0.25) is 0 Å². The van der Waals surface area contributed by atoms with Gasteiger partial charge in [-0.15, -0.1) is 0 Å². The molecule has 1 heterocycles. The third kappa shape index (κ3) is 3.16. The molecule has 3 heteroatoms. The second-order valence-corrected chi connectivity index (χ2v) is 2.77. The Morgan fingerprint density at radius 3 is 2.64 bits per heavy atom. The van der Waals surface area contributed by atoms with Gasteiger partial charge < -0.3 is 9.47 Å². The summed E-state index contributed by atoms with van der Waals surface area (Å²) in [6.45, 7) is 3.25. The molecule has 1 atom stereocenters. The van der Waals surface area contributed by atoms with E-state index in [0.29, 0.717) is 26.1 Å². The largest absolute Gasteiger partial charge is 0.352 e. The van der Waals surface area contributed by atoms with Gasteiger partial charge in [0.2, 0.25) is 0 Å². The third-order valence-corrected chi connectivity index (χ3v) is 1.79. The van der Waals surface area contributed by atoms with E-state index >= 15 is 0 Å². The van der Waals surface area contributed by atoms with Gasteiger partial charge in [0.15, 0.2) is 6.29 Å². The van der Waals surface area contributed by atoms with Crippen LogP contribution in [0.4, 0.5) is 4.39 Å².